The van der Waals surface area contributed by atoms with Gasteiger partial charge in [-0.15, -0.1) is 0 Å². The van der Waals surface area contributed by atoms with Crippen LogP contribution >= 0.6 is 0 Å². The number of hydrogen-bond acceptors (Lipinski definition) is 2. The highest BCUT2D eigenvalue weighted by atomic mass is 19.1. The molecule has 0 aromatic heterocycles. The van der Waals surface area contributed by atoms with Gasteiger partial charge in [0.1, 0.15) is 5.82 Å². The van der Waals surface area contributed by atoms with Gasteiger partial charge in [-0.1, -0.05) is 26.0 Å². The molecule has 1 heterocycles. The summed E-state index contributed by atoms with van der Waals surface area (Å²) in [5, 5.41) is 3.01. The van der Waals surface area contributed by atoms with Crippen LogP contribution in [-0.2, 0) is 9.53 Å². The van der Waals surface area contributed by atoms with E-state index in [1.807, 2.05) is 13.8 Å². The normalized spacial score (nSPS) is 20.5. The molecule has 1 saturated heterocycles. The molecule has 0 unspecified atom stereocenters. The van der Waals surface area contributed by atoms with E-state index in [-0.39, 0.29) is 29.8 Å². The summed E-state index contributed by atoms with van der Waals surface area (Å²) in [5.74, 6) is -0.362. The molecule has 1 fully saturated rings. The molecule has 1 aliphatic heterocycles. The van der Waals surface area contributed by atoms with Gasteiger partial charge in [-0.25, -0.2) is 4.39 Å². The van der Waals surface area contributed by atoms with Crippen LogP contribution in [0.15, 0.2) is 24.3 Å². The maximum absolute atomic E-state index is 13.0. The lowest BCUT2D eigenvalue weighted by Gasteiger charge is -2.25. The average Bonchev–Trinajstić information content (AvgIpc) is 2.90. The van der Waals surface area contributed by atoms with Gasteiger partial charge in [0, 0.05) is 12.5 Å². The van der Waals surface area contributed by atoms with Crippen LogP contribution in [0.3, 0.4) is 0 Å². The van der Waals surface area contributed by atoms with Gasteiger partial charge in [0.15, 0.2) is 0 Å². The van der Waals surface area contributed by atoms with Gasteiger partial charge in [-0.3, -0.25) is 4.79 Å². The lowest BCUT2D eigenvalue weighted by atomic mass is 9.98. The number of rotatable bonds is 4. The number of ether oxygens (including phenoxy) is 1. The summed E-state index contributed by atoms with van der Waals surface area (Å²) in [6.07, 6.45) is 1.90. The van der Waals surface area contributed by atoms with Crippen molar-refractivity contribution in [3.63, 3.8) is 0 Å². The van der Waals surface area contributed by atoms with Gasteiger partial charge in [0.25, 0.3) is 0 Å². The predicted molar refractivity (Wildman–Crippen MR) is 71.1 cm³/mol. The van der Waals surface area contributed by atoms with Gasteiger partial charge in [0.2, 0.25) is 5.91 Å². The summed E-state index contributed by atoms with van der Waals surface area (Å²) in [4.78, 5) is 11.9. The Kier molecular flexibility index (Phi) is 4.53. The second-order valence-electron chi connectivity index (χ2n) is 5.24. The van der Waals surface area contributed by atoms with E-state index in [4.69, 9.17) is 4.74 Å². The molecule has 0 radical (unpaired) electrons. The van der Waals surface area contributed by atoms with E-state index in [0.717, 1.165) is 25.0 Å². The molecule has 4 heteroatoms. The van der Waals surface area contributed by atoms with Crippen molar-refractivity contribution in [3.05, 3.63) is 35.6 Å². The quantitative estimate of drug-likeness (QED) is 0.909. The van der Waals surface area contributed by atoms with Crippen molar-refractivity contribution in [1.29, 1.82) is 0 Å². The van der Waals surface area contributed by atoms with E-state index in [1.165, 1.54) is 12.1 Å². The summed E-state index contributed by atoms with van der Waals surface area (Å²) >= 11 is 0. The van der Waals surface area contributed by atoms with Crippen molar-refractivity contribution in [2.75, 3.05) is 6.61 Å². The molecule has 1 amide bonds. The molecule has 1 aliphatic rings. The molecule has 19 heavy (non-hydrogen) atoms. The van der Waals surface area contributed by atoms with Crippen LogP contribution in [-0.4, -0.2) is 18.6 Å². The summed E-state index contributed by atoms with van der Waals surface area (Å²) in [7, 11) is 0. The van der Waals surface area contributed by atoms with Crippen molar-refractivity contribution >= 4 is 5.91 Å². The molecule has 1 N–H and O–H groups in total. The van der Waals surface area contributed by atoms with Crippen LogP contribution < -0.4 is 5.32 Å². The van der Waals surface area contributed by atoms with Crippen LogP contribution in [0, 0.1) is 11.7 Å². The first-order valence-electron chi connectivity index (χ1n) is 6.75. The maximum Gasteiger partial charge on any atom is 0.223 e. The fourth-order valence-corrected chi connectivity index (χ4v) is 2.25. The highest BCUT2D eigenvalue weighted by Crippen LogP contribution is 2.27. The average molecular weight is 265 g/mol. The minimum absolute atomic E-state index is 0.00942. The third-order valence-electron chi connectivity index (χ3n) is 3.39. The van der Waals surface area contributed by atoms with Gasteiger partial charge in [-0.05, 0) is 30.5 Å². The highest BCUT2D eigenvalue weighted by Gasteiger charge is 2.29. The zero-order valence-electron chi connectivity index (χ0n) is 11.4. The molecular weight excluding hydrogens is 245 g/mol. The lowest BCUT2D eigenvalue weighted by molar-refractivity contribution is -0.125. The molecule has 3 nitrogen and oxygen atoms in total. The molecule has 0 bridgehead atoms. The van der Waals surface area contributed by atoms with Gasteiger partial charge < -0.3 is 10.1 Å². The molecule has 1 aromatic rings. The topological polar surface area (TPSA) is 38.3 Å². The Morgan fingerprint density at radius 2 is 2.05 bits per heavy atom. The first kappa shape index (κ1) is 14.0. The second kappa shape index (κ2) is 6.15. The Morgan fingerprint density at radius 3 is 2.58 bits per heavy atom. The maximum atomic E-state index is 13.0. The summed E-state index contributed by atoms with van der Waals surface area (Å²) in [6.45, 7) is 4.43. The first-order valence-corrected chi connectivity index (χ1v) is 6.75. The Morgan fingerprint density at radius 1 is 1.37 bits per heavy atom. The molecule has 2 atom stereocenters. The summed E-state index contributed by atoms with van der Waals surface area (Å²) in [6, 6.07) is 6.06. The Bertz CT molecular complexity index is 424. The van der Waals surface area contributed by atoms with Gasteiger partial charge in [-0.2, -0.15) is 0 Å². The van der Waals surface area contributed by atoms with E-state index < -0.39 is 0 Å². The van der Waals surface area contributed by atoms with Gasteiger partial charge in [0.05, 0.1) is 12.1 Å². The Hall–Kier alpha value is -1.42. The van der Waals surface area contributed by atoms with E-state index in [9.17, 15) is 9.18 Å². The molecule has 0 aliphatic carbocycles. The van der Waals surface area contributed by atoms with Crippen LogP contribution in [0.4, 0.5) is 4.39 Å². The van der Waals surface area contributed by atoms with Crippen LogP contribution in [0.25, 0.3) is 0 Å². The standard InChI is InChI=1S/C15H20FNO2/c1-10(2)15(18)17-14(13-4-3-9-19-13)11-5-7-12(16)8-6-11/h5-8,10,13-14H,3-4,9H2,1-2H3,(H,17,18)/t13-,14-/m0/s1. The minimum Gasteiger partial charge on any atom is -0.376 e. The smallest absolute Gasteiger partial charge is 0.223 e. The number of benzene rings is 1. The lowest BCUT2D eigenvalue weighted by Crippen LogP contribution is -2.38. The van der Waals surface area contributed by atoms with Crippen molar-refractivity contribution in [2.24, 2.45) is 5.92 Å². The Labute approximate surface area is 113 Å². The first-order chi connectivity index (χ1) is 9.08. The fourth-order valence-electron chi connectivity index (χ4n) is 2.25. The fraction of sp³-hybridized carbons (Fsp3) is 0.533. The highest BCUT2D eigenvalue weighted by molar-refractivity contribution is 5.78. The number of carbonyl (C=O) groups is 1. The number of carbonyl (C=O) groups excluding carboxylic acids is 1. The van der Waals surface area contributed by atoms with E-state index in [2.05, 4.69) is 5.32 Å². The summed E-state index contributed by atoms with van der Waals surface area (Å²) < 4.78 is 18.7. The van der Waals surface area contributed by atoms with Crippen molar-refractivity contribution in [2.45, 2.75) is 38.8 Å². The monoisotopic (exact) mass is 265 g/mol. The van der Waals surface area contributed by atoms with Crippen molar-refractivity contribution < 1.29 is 13.9 Å². The Balaban J connectivity index is 2.18. The van der Waals surface area contributed by atoms with E-state index in [1.54, 1.807) is 12.1 Å². The molecule has 1 aromatic carbocycles. The van der Waals surface area contributed by atoms with E-state index >= 15 is 0 Å². The number of hydrogen-bond donors (Lipinski definition) is 1. The van der Waals surface area contributed by atoms with E-state index in [0.29, 0.717) is 0 Å². The van der Waals surface area contributed by atoms with Crippen molar-refractivity contribution in [3.8, 4) is 0 Å². The molecule has 0 spiro atoms. The number of halogens is 1. The third kappa shape index (κ3) is 3.53. The van der Waals surface area contributed by atoms with Crippen LogP contribution in [0.5, 0.6) is 0 Å². The molecule has 104 valence electrons. The van der Waals surface area contributed by atoms with Crippen LogP contribution in [0.2, 0.25) is 0 Å². The molecule has 0 saturated carbocycles. The molecule has 2 rings (SSSR count). The number of amides is 1. The second-order valence-corrected chi connectivity index (χ2v) is 5.24. The number of nitrogens with one attached hydrogen (secondary N) is 1. The minimum atomic E-state index is -0.273. The largest absolute Gasteiger partial charge is 0.376 e. The van der Waals surface area contributed by atoms with Crippen molar-refractivity contribution in [1.82, 2.24) is 5.32 Å². The van der Waals surface area contributed by atoms with Crippen LogP contribution in [0.1, 0.15) is 38.3 Å². The third-order valence-corrected chi connectivity index (χ3v) is 3.39. The SMILES string of the molecule is CC(C)C(=O)N[C@@H](c1ccc(F)cc1)[C@@H]1CCCO1. The molecular formula is C15H20FNO2. The van der Waals surface area contributed by atoms with Gasteiger partial charge >= 0.3 is 0 Å². The zero-order chi connectivity index (χ0) is 13.8. The summed E-state index contributed by atoms with van der Waals surface area (Å²) in [5.41, 5.74) is 0.891. The zero-order valence-corrected chi connectivity index (χ0v) is 11.4. The predicted octanol–water partition coefficient (Wildman–Crippen LogP) is 2.82.